The van der Waals surface area contributed by atoms with Gasteiger partial charge in [-0.25, -0.2) is 0 Å². The number of nitrogens with one attached hydrogen (secondary N) is 2. The molecule has 0 atom stereocenters. The van der Waals surface area contributed by atoms with Crippen LogP contribution >= 0.6 is 11.6 Å². The van der Waals surface area contributed by atoms with Crippen molar-refractivity contribution in [3.05, 3.63) is 28.8 Å². The SMILES string of the molecule is Cc1ccc(NC(=O)CNC(=O)CCC(C)C)c(Cl)c1. The minimum absolute atomic E-state index is 0.0405. The molecule has 4 nitrogen and oxygen atoms in total. The van der Waals surface area contributed by atoms with Gasteiger partial charge in [-0.05, 0) is 37.0 Å². The Bertz CT molecular complexity index is 487. The zero-order valence-electron chi connectivity index (χ0n) is 12.1. The standard InChI is InChI=1S/C15H21ClN2O2/c1-10(2)4-7-14(19)17-9-15(20)18-13-6-5-11(3)8-12(13)16/h5-6,8,10H,4,7,9H2,1-3H3,(H,17,19)(H,18,20). The summed E-state index contributed by atoms with van der Waals surface area (Å²) in [5.74, 6) is 0.0819. The van der Waals surface area contributed by atoms with E-state index >= 15 is 0 Å². The first-order valence-corrected chi connectivity index (χ1v) is 7.09. The van der Waals surface area contributed by atoms with Crippen LogP contribution in [0.25, 0.3) is 0 Å². The highest BCUT2D eigenvalue weighted by Gasteiger charge is 2.08. The molecule has 1 aromatic carbocycles. The summed E-state index contributed by atoms with van der Waals surface area (Å²) >= 11 is 6.02. The predicted octanol–water partition coefficient (Wildman–Crippen LogP) is 3.14. The van der Waals surface area contributed by atoms with Crippen molar-refractivity contribution in [2.75, 3.05) is 11.9 Å². The second-order valence-electron chi connectivity index (χ2n) is 5.24. The molecule has 1 aromatic rings. The fourth-order valence-corrected chi connectivity index (χ4v) is 1.89. The number of amides is 2. The van der Waals surface area contributed by atoms with Gasteiger partial charge in [0.25, 0.3) is 0 Å². The van der Waals surface area contributed by atoms with Crippen molar-refractivity contribution in [3.63, 3.8) is 0 Å². The molecule has 0 fully saturated rings. The second kappa shape index (κ2) is 7.90. The number of benzene rings is 1. The average Bonchev–Trinajstić information content (AvgIpc) is 2.37. The molecule has 0 bridgehead atoms. The average molecular weight is 297 g/mol. The molecule has 2 N–H and O–H groups in total. The number of carbonyl (C=O) groups excluding carboxylic acids is 2. The number of hydrogen-bond donors (Lipinski definition) is 2. The van der Waals surface area contributed by atoms with Crippen molar-refractivity contribution in [1.82, 2.24) is 5.32 Å². The molecule has 1 rings (SSSR count). The molecule has 0 aliphatic rings. The molecule has 0 radical (unpaired) electrons. The molecule has 110 valence electrons. The zero-order chi connectivity index (χ0) is 15.1. The van der Waals surface area contributed by atoms with Gasteiger partial charge < -0.3 is 10.6 Å². The van der Waals surface area contributed by atoms with Crippen LogP contribution in [0.15, 0.2) is 18.2 Å². The molecule has 0 aromatic heterocycles. The number of aryl methyl sites for hydroxylation is 1. The third-order valence-electron chi connectivity index (χ3n) is 2.79. The first-order chi connectivity index (χ1) is 9.38. The maximum Gasteiger partial charge on any atom is 0.243 e. The fraction of sp³-hybridized carbons (Fsp3) is 0.467. The normalized spacial score (nSPS) is 10.4. The molecule has 20 heavy (non-hydrogen) atoms. The van der Waals surface area contributed by atoms with Crippen molar-refractivity contribution < 1.29 is 9.59 Å². The summed E-state index contributed by atoms with van der Waals surface area (Å²) in [6.07, 6.45) is 1.26. The Labute approximate surface area is 124 Å². The van der Waals surface area contributed by atoms with Crippen LogP contribution < -0.4 is 10.6 Å². The molecule has 2 amide bonds. The lowest BCUT2D eigenvalue weighted by Gasteiger charge is -2.09. The fourth-order valence-electron chi connectivity index (χ4n) is 1.60. The number of carbonyl (C=O) groups is 2. The van der Waals surface area contributed by atoms with Gasteiger partial charge in [-0.1, -0.05) is 31.5 Å². The largest absolute Gasteiger partial charge is 0.347 e. The van der Waals surface area contributed by atoms with Crippen LogP contribution in [0.5, 0.6) is 0 Å². The smallest absolute Gasteiger partial charge is 0.243 e. The van der Waals surface area contributed by atoms with Crippen LogP contribution in [-0.4, -0.2) is 18.4 Å². The number of halogens is 1. The van der Waals surface area contributed by atoms with Crippen molar-refractivity contribution in [2.45, 2.75) is 33.6 Å². The van der Waals surface area contributed by atoms with E-state index < -0.39 is 0 Å². The summed E-state index contributed by atoms with van der Waals surface area (Å²) in [4.78, 5) is 23.2. The number of anilines is 1. The zero-order valence-corrected chi connectivity index (χ0v) is 12.9. The number of rotatable bonds is 6. The van der Waals surface area contributed by atoms with E-state index in [1.165, 1.54) is 0 Å². The van der Waals surface area contributed by atoms with Crippen LogP contribution in [0, 0.1) is 12.8 Å². The molecule has 0 saturated carbocycles. The summed E-state index contributed by atoms with van der Waals surface area (Å²) in [7, 11) is 0. The lowest BCUT2D eigenvalue weighted by molar-refractivity contribution is -0.124. The molecule has 0 aliphatic heterocycles. The van der Waals surface area contributed by atoms with E-state index in [1.807, 2.05) is 13.0 Å². The molecular weight excluding hydrogens is 276 g/mol. The Kier molecular flexibility index (Phi) is 6.52. The highest BCUT2D eigenvalue weighted by atomic mass is 35.5. The van der Waals surface area contributed by atoms with Crippen LogP contribution in [-0.2, 0) is 9.59 Å². The highest BCUT2D eigenvalue weighted by molar-refractivity contribution is 6.33. The van der Waals surface area contributed by atoms with Gasteiger partial charge >= 0.3 is 0 Å². The van der Waals surface area contributed by atoms with E-state index in [0.29, 0.717) is 23.0 Å². The second-order valence-corrected chi connectivity index (χ2v) is 5.65. The van der Waals surface area contributed by atoms with Crippen molar-refractivity contribution in [2.24, 2.45) is 5.92 Å². The Hall–Kier alpha value is -1.55. The van der Waals surface area contributed by atoms with E-state index in [4.69, 9.17) is 11.6 Å². The van der Waals surface area contributed by atoms with E-state index in [0.717, 1.165) is 12.0 Å². The minimum atomic E-state index is -0.284. The Morgan fingerprint density at radius 2 is 1.95 bits per heavy atom. The van der Waals surface area contributed by atoms with Crippen molar-refractivity contribution in [3.8, 4) is 0 Å². The highest BCUT2D eigenvalue weighted by Crippen LogP contribution is 2.22. The van der Waals surface area contributed by atoms with E-state index in [-0.39, 0.29) is 18.4 Å². The van der Waals surface area contributed by atoms with Gasteiger partial charge in [0.2, 0.25) is 11.8 Å². The summed E-state index contributed by atoms with van der Waals surface area (Å²) < 4.78 is 0. The Balaban J connectivity index is 2.38. The third-order valence-corrected chi connectivity index (χ3v) is 3.11. The minimum Gasteiger partial charge on any atom is -0.347 e. The quantitative estimate of drug-likeness (QED) is 0.847. The van der Waals surface area contributed by atoms with Gasteiger partial charge in [0.1, 0.15) is 0 Å². The van der Waals surface area contributed by atoms with E-state index in [9.17, 15) is 9.59 Å². The topological polar surface area (TPSA) is 58.2 Å². The maximum atomic E-state index is 11.7. The Morgan fingerprint density at radius 1 is 1.25 bits per heavy atom. The van der Waals surface area contributed by atoms with E-state index in [1.54, 1.807) is 12.1 Å². The summed E-state index contributed by atoms with van der Waals surface area (Å²) in [5.41, 5.74) is 1.58. The van der Waals surface area contributed by atoms with Crippen LogP contribution in [0.1, 0.15) is 32.3 Å². The van der Waals surface area contributed by atoms with E-state index in [2.05, 4.69) is 24.5 Å². The summed E-state index contributed by atoms with van der Waals surface area (Å²) in [6.45, 7) is 5.99. The first kappa shape index (κ1) is 16.5. The van der Waals surface area contributed by atoms with Crippen molar-refractivity contribution in [1.29, 1.82) is 0 Å². The third kappa shape index (κ3) is 6.06. The predicted molar refractivity (Wildman–Crippen MR) is 81.9 cm³/mol. The van der Waals surface area contributed by atoms with Crippen LogP contribution in [0.4, 0.5) is 5.69 Å². The lowest BCUT2D eigenvalue weighted by Crippen LogP contribution is -2.32. The molecule has 0 aliphatic carbocycles. The summed E-state index contributed by atoms with van der Waals surface area (Å²) in [6, 6.07) is 5.39. The van der Waals surface area contributed by atoms with Gasteiger partial charge in [-0.15, -0.1) is 0 Å². The Morgan fingerprint density at radius 3 is 2.55 bits per heavy atom. The molecule has 0 unspecified atom stereocenters. The van der Waals surface area contributed by atoms with Crippen LogP contribution in [0.2, 0.25) is 5.02 Å². The molecule has 5 heteroatoms. The molecule has 0 spiro atoms. The van der Waals surface area contributed by atoms with Crippen molar-refractivity contribution >= 4 is 29.1 Å². The maximum absolute atomic E-state index is 11.7. The van der Waals surface area contributed by atoms with Gasteiger partial charge in [0.15, 0.2) is 0 Å². The molecule has 0 heterocycles. The molecular formula is C15H21ClN2O2. The van der Waals surface area contributed by atoms with Gasteiger partial charge in [-0.3, -0.25) is 9.59 Å². The monoisotopic (exact) mass is 296 g/mol. The number of hydrogen-bond acceptors (Lipinski definition) is 2. The van der Waals surface area contributed by atoms with Gasteiger partial charge in [0.05, 0.1) is 17.3 Å². The van der Waals surface area contributed by atoms with Gasteiger partial charge in [0, 0.05) is 6.42 Å². The van der Waals surface area contributed by atoms with Gasteiger partial charge in [-0.2, -0.15) is 0 Å². The summed E-state index contributed by atoms with van der Waals surface area (Å²) in [5, 5.41) is 5.76. The molecule has 0 saturated heterocycles. The van der Waals surface area contributed by atoms with Crippen LogP contribution in [0.3, 0.4) is 0 Å². The lowest BCUT2D eigenvalue weighted by atomic mass is 10.1. The first-order valence-electron chi connectivity index (χ1n) is 6.71.